The van der Waals surface area contributed by atoms with Crippen LogP contribution < -0.4 is 10.6 Å². The maximum Gasteiger partial charge on any atom is 0.225 e. The molecule has 1 aromatic rings. The molecule has 1 fully saturated rings. The summed E-state index contributed by atoms with van der Waals surface area (Å²) in [6.45, 7) is 9.85. The van der Waals surface area contributed by atoms with Gasteiger partial charge in [0.1, 0.15) is 0 Å². The summed E-state index contributed by atoms with van der Waals surface area (Å²) in [5.41, 5.74) is 7.08. The molecule has 1 unspecified atom stereocenters. The summed E-state index contributed by atoms with van der Waals surface area (Å²) >= 11 is 0. The van der Waals surface area contributed by atoms with Crippen molar-refractivity contribution in [1.82, 2.24) is 9.97 Å². The topological polar surface area (TPSA) is 55.0 Å². The lowest BCUT2D eigenvalue weighted by Gasteiger charge is -2.29. The van der Waals surface area contributed by atoms with Crippen LogP contribution in [0.1, 0.15) is 45.6 Å². The first-order valence-corrected chi connectivity index (χ1v) is 7.76. The molecule has 2 heterocycles. The minimum absolute atomic E-state index is 0.405. The van der Waals surface area contributed by atoms with E-state index in [-0.39, 0.29) is 0 Å². The van der Waals surface area contributed by atoms with Crippen molar-refractivity contribution in [3.8, 4) is 0 Å². The maximum absolute atomic E-state index is 5.55. The summed E-state index contributed by atoms with van der Waals surface area (Å²) in [7, 11) is 0. The molecule has 0 aromatic carbocycles. The third-order valence-corrected chi connectivity index (χ3v) is 4.36. The van der Waals surface area contributed by atoms with Crippen LogP contribution in [0.4, 0.5) is 5.95 Å². The zero-order valence-corrected chi connectivity index (χ0v) is 13.1. The lowest BCUT2D eigenvalue weighted by atomic mass is 9.77. The summed E-state index contributed by atoms with van der Waals surface area (Å²) in [5, 5.41) is 0. The fourth-order valence-corrected chi connectivity index (χ4v) is 2.97. The van der Waals surface area contributed by atoms with Crippen LogP contribution in [0.2, 0.25) is 0 Å². The highest BCUT2D eigenvalue weighted by Gasteiger charge is 2.27. The summed E-state index contributed by atoms with van der Waals surface area (Å²) < 4.78 is 0. The molecule has 0 amide bonds. The number of hydrogen-bond donors (Lipinski definition) is 1. The van der Waals surface area contributed by atoms with Crippen LogP contribution in [-0.4, -0.2) is 29.6 Å². The molecule has 1 saturated heterocycles. The van der Waals surface area contributed by atoms with E-state index in [2.05, 4.69) is 35.6 Å². The molecule has 4 nitrogen and oxygen atoms in total. The molecular formula is C16H28N4. The quantitative estimate of drug-likeness (QED) is 0.922. The number of nitrogens with zero attached hydrogens (tertiary/aromatic N) is 3. The Balaban J connectivity index is 1.99. The first-order valence-electron chi connectivity index (χ1n) is 7.76. The molecule has 1 aromatic heterocycles. The van der Waals surface area contributed by atoms with Gasteiger partial charge in [0.05, 0.1) is 0 Å². The van der Waals surface area contributed by atoms with Gasteiger partial charge in [0, 0.05) is 25.5 Å². The second kappa shape index (κ2) is 6.53. The van der Waals surface area contributed by atoms with Crippen LogP contribution in [0.3, 0.4) is 0 Å². The second-order valence-electron chi connectivity index (χ2n) is 6.91. The van der Waals surface area contributed by atoms with E-state index in [0.717, 1.165) is 36.9 Å². The van der Waals surface area contributed by atoms with Crippen LogP contribution in [0.5, 0.6) is 0 Å². The predicted molar refractivity (Wildman–Crippen MR) is 83.8 cm³/mol. The van der Waals surface area contributed by atoms with E-state index in [1.165, 1.54) is 19.3 Å². The van der Waals surface area contributed by atoms with Gasteiger partial charge in [-0.3, -0.25) is 0 Å². The molecule has 2 rings (SSSR count). The molecule has 0 radical (unpaired) electrons. The summed E-state index contributed by atoms with van der Waals surface area (Å²) in [4.78, 5) is 11.3. The molecule has 20 heavy (non-hydrogen) atoms. The molecule has 1 aliphatic rings. The Labute approximate surface area is 122 Å². The Hall–Kier alpha value is -1.16. The van der Waals surface area contributed by atoms with Crippen molar-refractivity contribution in [2.75, 3.05) is 24.5 Å². The molecule has 0 saturated carbocycles. The van der Waals surface area contributed by atoms with E-state index in [1.54, 1.807) is 0 Å². The summed E-state index contributed by atoms with van der Waals surface area (Å²) in [6.07, 6.45) is 8.47. The molecule has 0 bridgehead atoms. The molecule has 0 aliphatic carbocycles. The normalized spacial score (nSPS) is 20.8. The van der Waals surface area contributed by atoms with Gasteiger partial charge in [-0.05, 0) is 49.1 Å². The van der Waals surface area contributed by atoms with Crippen molar-refractivity contribution in [2.24, 2.45) is 17.1 Å². The number of rotatable bonds is 3. The van der Waals surface area contributed by atoms with Crippen LogP contribution in [0.15, 0.2) is 12.4 Å². The van der Waals surface area contributed by atoms with Crippen LogP contribution >= 0.6 is 0 Å². The minimum Gasteiger partial charge on any atom is -0.341 e. The molecule has 0 spiro atoms. The number of hydrogen-bond acceptors (Lipinski definition) is 4. The summed E-state index contributed by atoms with van der Waals surface area (Å²) in [6, 6.07) is 0. The average molecular weight is 276 g/mol. The van der Waals surface area contributed by atoms with Gasteiger partial charge in [0.15, 0.2) is 0 Å². The van der Waals surface area contributed by atoms with E-state index in [1.807, 2.05) is 12.4 Å². The Bertz CT molecular complexity index is 407. The number of anilines is 1. The minimum atomic E-state index is 0.405. The van der Waals surface area contributed by atoms with Crippen molar-refractivity contribution in [3.63, 3.8) is 0 Å². The maximum atomic E-state index is 5.55. The van der Waals surface area contributed by atoms with Gasteiger partial charge < -0.3 is 10.6 Å². The van der Waals surface area contributed by atoms with E-state index in [9.17, 15) is 0 Å². The Kier molecular flexibility index (Phi) is 4.97. The largest absolute Gasteiger partial charge is 0.341 e. The Morgan fingerprint density at radius 3 is 2.50 bits per heavy atom. The smallest absolute Gasteiger partial charge is 0.225 e. The standard InChI is InChI=1S/C16H28N4/c1-16(2,3)14-5-4-9-20(10-7-14)15-18-11-13(6-8-17)12-19-15/h11-12,14H,4-10,17H2,1-3H3. The molecule has 2 N–H and O–H groups in total. The molecular weight excluding hydrogens is 248 g/mol. The van der Waals surface area contributed by atoms with Gasteiger partial charge in [-0.2, -0.15) is 0 Å². The number of aromatic nitrogens is 2. The van der Waals surface area contributed by atoms with Crippen molar-refractivity contribution in [3.05, 3.63) is 18.0 Å². The van der Waals surface area contributed by atoms with Crippen molar-refractivity contribution >= 4 is 5.95 Å². The van der Waals surface area contributed by atoms with Gasteiger partial charge in [0.25, 0.3) is 0 Å². The predicted octanol–water partition coefficient (Wildman–Crippen LogP) is 2.63. The third-order valence-electron chi connectivity index (χ3n) is 4.36. The fraction of sp³-hybridized carbons (Fsp3) is 0.750. The van der Waals surface area contributed by atoms with Gasteiger partial charge in [0.2, 0.25) is 5.95 Å². The van der Waals surface area contributed by atoms with Gasteiger partial charge in [-0.15, -0.1) is 0 Å². The lowest BCUT2D eigenvalue weighted by molar-refractivity contribution is 0.220. The average Bonchev–Trinajstić information content (AvgIpc) is 2.65. The Morgan fingerprint density at radius 1 is 1.20 bits per heavy atom. The highest BCUT2D eigenvalue weighted by atomic mass is 15.2. The Morgan fingerprint density at radius 2 is 1.90 bits per heavy atom. The van der Waals surface area contributed by atoms with Crippen molar-refractivity contribution in [1.29, 1.82) is 0 Å². The van der Waals surface area contributed by atoms with E-state index >= 15 is 0 Å². The van der Waals surface area contributed by atoms with Crippen molar-refractivity contribution < 1.29 is 0 Å². The first-order chi connectivity index (χ1) is 9.50. The van der Waals surface area contributed by atoms with E-state index in [0.29, 0.717) is 12.0 Å². The lowest BCUT2D eigenvalue weighted by Crippen LogP contribution is -2.27. The third kappa shape index (κ3) is 3.92. The number of nitrogens with two attached hydrogens (primary N) is 1. The monoisotopic (exact) mass is 276 g/mol. The van der Waals surface area contributed by atoms with E-state index < -0.39 is 0 Å². The van der Waals surface area contributed by atoms with E-state index in [4.69, 9.17) is 5.73 Å². The van der Waals surface area contributed by atoms with Crippen LogP contribution in [0, 0.1) is 11.3 Å². The van der Waals surface area contributed by atoms with Crippen molar-refractivity contribution in [2.45, 2.75) is 46.5 Å². The van der Waals surface area contributed by atoms with Crippen LogP contribution in [-0.2, 0) is 6.42 Å². The molecule has 112 valence electrons. The first kappa shape index (κ1) is 15.2. The highest BCUT2D eigenvalue weighted by molar-refractivity contribution is 5.30. The fourth-order valence-electron chi connectivity index (χ4n) is 2.97. The SMILES string of the molecule is CC(C)(C)C1CCCN(c2ncc(CCN)cn2)CC1. The molecule has 4 heteroatoms. The summed E-state index contributed by atoms with van der Waals surface area (Å²) in [5.74, 6) is 1.67. The molecule has 1 aliphatic heterocycles. The second-order valence-corrected chi connectivity index (χ2v) is 6.91. The van der Waals surface area contributed by atoms with Crippen LogP contribution in [0.25, 0.3) is 0 Å². The van der Waals surface area contributed by atoms with Gasteiger partial charge in [-0.1, -0.05) is 20.8 Å². The zero-order chi connectivity index (χ0) is 14.6. The van der Waals surface area contributed by atoms with Gasteiger partial charge in [-0.25, -0.2) is 9.97 Å². The zero-order valence-electron chi connectivity index (χ0n) is 13.1. The molecule has 1 atom stereocenters. The highest BCUT2D eigenvalue weighted by Crippen LogP contribution is 2.34. The van der Waals surface area contributed by atoms with Gasteiger partial charge >= 0.3 is 0 Å².